The van der Waals surface area contributed by atoms with Gasteiger partial charge in [0.2, 0.25) is 11.8 Å². The Balaban J connectivity index is 4.44. The number of carbonyl (C=O) groups is 4. The number of amides is 2. The molecule has 0 spiro atoms. The maximum Gasteiger partial charge on any atom is 0.331 e. The average Bonchev–Trinajstić information content (AvgIpc) is 2.60. The van der Waals surface area contributed by atoms with Gasteiger partial charge < -0.3 is 15.7 Å². The number of Topliss-reactive ketones (excluding diaryl/α,β-unsaturated/α-hetero) is 1. The van der Waals surface area contributed by atoms with Crippen LogP contribution in [0.4, 0.5) is 0 Å². The first-order valence-corrected chi connectivity index (χ1v) is 10.7. The standard InChI is InChI=1S/C23H40N2O5/c1-16(20(28)29)18(19(27)25-15-22(2,3)4)13-12-17(26)11-9-8-10-14-24-21(30)23(5,6)7/h8-15H2,1-7H3,(H,24,30)(H,25,27)(H,28,29)/b18-16-. The van der Waals surface area contributed by atoms with Gasteiger partial charge in [-0.05, 0) is 31.6 Å². The van der Waals surface area contributed by atoms with E-state index in [0.29, 0.717) is 25.9 Å². The minimum Gasteiger partial charge on any atom is -0.478 e. The number of hydrogen-bond acceptors (Lipinski definition) is 4. The molecule has 0 aromatic rings. The molecular weight excluding hydrogens is 384 g/mol. The van der Waals surface area contributed by atoms with E-state index in [1.807, 2.05) is 41.5 Å². The van der Waals surface area contributed by atoms with Gasteiger partial charge in [-0.1, -0.05) is 48.0 Å². The second kappa shape index (κ2) is 12.5. The van der Waals surface area contributed by atoms with E-state index >= 15 is 0 Å². The normalized spacial score (nSPS) is 12.8. The van der Waals surface area contributed by atoms with Crippen LogP contribution in [0.3, 0.4) is 0 Å². The van der Waals surface area contributed by atoms with E-state index in [9.17, 15) is 24.3 Å². The molecule has 0 unspecified atom stereocenters. The lowest BCUT2D eigenvalue weighted by Gasteiger charge is -2.20. The van der Waals surface area contributed by atoms with Crippen molar-refractivity contribution in [3.05, 3.63) is 11.1 Å². The Morgan fingerprint density at radius 2 is 1.40 bits per heavy atom. The summed E-state index contributed by atoms with van der Waals surface area (Å²) in [4.78, 5) is 47.7. The third kappa shape index (κ3) is 12.4. The first kappa shape index (κ1) is 27.8. The first-order chi connectivity index (χ1) is 13.6. The third-order valence-electron chi connectivity index (χ3n) is 4.58. The van der Waals surface area contributed by atoms with E-state index in [2.05, 4.69) is 10.6 Å². The maximum atomic E-state index is 12.4. The Morgan fingerprint density at radius 3 is 1.90 bits per heavy atom. The fourth-order valence-corrected chi connectivity index (χ4v) is 2.53. The Kier molecular flexibility index (Phi) is 11.6. The number of hydrogen-bond donors (Lipinski definition) is 3. The van der Waals surface area contributed by atoms with E-state index in [4.69, 9.17) is 0 Å². The van der Waals surface area contributed by atoms with Gasteiger partial charge in [0, 0.05) is 42.5 Å². The molecule has 0 aliphatic rings. The van der Waals surface area contributed by atoms with Crippen LogP contribution >= 0.6 is 0 Å². The van der Waals surface area contributed by atoms with Gasteiger partial charge >= 0.3 is 5.97 Å². The highest BCUT2D eigenvalue weighted by molar-refractivity contribution is 6.02. The first-order valence-electron chi connectivity index (χ1n) is 10.7. The number of ketones is 1. The molecule has 30 heavy (non-hydrogen) atoms. The van der Waals surface area contributed by atoms with Crippen molar-refractivity contribution in [1.29, 1.82) is 0 Å². The molecule has 2 amide bonds. The Labute approximate surface area is 181 Å². The highest BCUT2D eigenvalue weighted by Crippen LogP contribution is 2.16. The van der Waals surface area contributed by atoms with Crippen molar-refractivity contribution < 1.29 is 24.3 Å². The van der Waals surface area contributed by atoms with E-state index in [1.54, 1.807) is 0 Å². The summed E-state index contributed by atoms with van der Waals surface area (Å²) in [5.41, 5.74) is -0.400. The predicted molar refractivity (Wildman–Crippen MR) is 118 cm³/mol. The molecule has 172 valence electrons. The second-order valence-electron chi connectivity index (χ2n) is 10.0. The van der Waals surface area contributed by atoms with Crippen LogP contribution in [0.5, 0.6) is 0 Å². The van der Waals surface area contributed by atoms with Gasteiger partial charge in [-0.2, -0.15) is 0 Å². The number of nitrogens with one attached hydrogen (secondary N) is 2. The molecule has 0 radical (unpaired) electrons. The number of aliphatic carboxylic acids is 1. The summed E-state index contributed by atoms with van der Waals surface area (Å²) in [5.74, 6) is -1.56. The molecule has 0 fully saturated rings. The van der Waals surface area contributed by atoms with Crippen molar-refractivity contribution >= 4 is 23.6 Å². The van der Waals surface area contributed by atoms with Gasteiger partial charge in [0.15, 0.2) is 0 Å². The lowest BCUT2D eigenvalue weighted by atomic mass is 9.95. The molecule has 0 saturated heterocycles. The summed E-state index contributed by atoms with van der Waals surface area (Å²) >= 11 is 0. The van der Waals surface area contributed by atoms with Gasteiger partial charge in [0.1, 0.15) is 5.78 Å². The number of carboxylic acid groups (broad SMARTS) is 1. The summed E-state index contributed by atoms with van der Waals surface area (Å²) in [7, 11) is 0. The fourth-order valence-electron chi connectivity index (χ4n) is 2.53. The van der Waals surface area contributed by atoms with Gasteiger partial charge in [0.05, 0.1) is 0 Å². The number of carboxylic acids is 1. The molecule has 0 aromatic carbocycles. The fraction of sp³-hybridized carbons (Fsp3) is 0.739. The predicted octanol–water partition coefficient (Wildman–Crippen LogP) is 3.62. The molecule has 0 aliphatic heterocycles. The van der Waals surface area contributed by atoms with Crippen LogP contribution in [-0.4, -0.2) is 41.8 Å². The highest BCUT2D eigenvalue weighted by Gasteiger charge is 2.21. The van der Waals surface area contributed by atoms with Crippen LogP contribution in [0.1, 0.15) is 87.0 Å². The SMILES string of the molecule is C/C(C(=O)O)=C(\CCC(=O)CCCCCNC(=O)C(C)(C)C)C(=O)NCC(C)(C)C. The van der Waals surface area contributed by atoms with Crippen molar-refractivity contribution in [2.45, 2.75) is 87.0 Å². The molecule has 0 aromatic heterocycles. The Hall–Kier alpha value is -2.18. The van der Waals surface area contributed by atoms with E-state index in [1.165, 1.54) is 6.92 Å². The lowest BCUT2D eigenvalue weighted by molar-refractivity contribution is -0.133. The highest BCUT2D eigenvalue weighted by atomic mass is 16.4. The topological polar surface area (TPSA) is 113 Å². The monoisotopic (exact) mass is 424 g/mol. The molecule has 0 atom stereocenters. The van der Waals surface area contributed by atoms with Crippen LogP contribution in [0.15, 0.2) is 11.1 Å². The van der Waals surface area contributed by atoms with E-state index < -0.39 is 17.3 Å². The second-order valence-corrected chi connectivity index (χ2v) is 10.0. The molecule has 0 rings (SSSR count). The zero-order valence-corrected chi connectivity index (χ0v) is 19.7. The smallest absolute Gasteiger partial charge is 0.331 e. The number of rotatable bonds is 12. The Bertz CT molecular complexity index is 651. The van der Waals surface area contributed by atoms with Crippen LogP contribution in [0, 0.1) is 10.8 Å². The number of unbranched alkanes of at least 4 members (excludes halogenated alkanes) is 2. The van der Waals surface area contributed by atoms with Crippen LogP contribution in [0.2, 0.25) is 0 Å². The van der Waals surface area contributed by atoms with Gasteiger partial charge in [-0.15, -0.1) is 0 Å². The minimum atomic E-state index is -1.15. The Morgan fingerprint density at radius 1 is 0.800 bits per heavy atom. The van der Waals surface area contributed by atoms with E-state index in [-0.39, 0.29) is 41.1 Å². The van der Waals surface area contributed by atoms with Gasteiger partial charge in [-0.25, -0.2) is 4.79 Å². The van der Waals surface area contributed by atoms with Crippen molar-refractivity contribution in [1.82, 2.24) is 10.6 Å². The molecule has 7 heteroatoms. The van der Waals surface area contributed by atoms with Crippen molar-refractivity contribution in [3.63, 3.8) is 0 Å². The summed E-state index contributed by atoms with van der Waals surface area (Å²) in [6, 6.07) is 0. The average molecular weight is 425 g/mol. The van der Waals surface area contributed by atoms with Crippen LogP contribution in [-0.2, 0) is 19.2 Å². The van der Waals surface area contributed by atoms with Crippen LogP contribution in [0.25, 0.3) is 0 Å². The summed E-state index contributed by atoms with van der Waals surface area (Å²) in [6.45, 7) is 13.9. The molecule has 0 aliphatic carbocycles. The molecule has 0 saturated carbocycles. The largest absolute Gasteiger partial charge is 0.478 e. The molecule has 7 nitrogen and oxygen atoms in total. The molecule has 3 N–H and O–H groups in total. The summed E-state index contributed by atoms with van der Waals surface area (Å²) < 4.78 is 0. The maximum absolute atomic E-state index is 12.4. The van der Waals surface area contributed by atoms with Crippen LogP contribution < -0.4 is 10.6 Å². The van der Waals surface area contributed by atoms with Crippen molar-refractivity contribution in [3.8, 4) is 0 Å². The summed E-state index contributed by atoms with van der Waals surface area (Å²) in [5, 5.41) is 14.9. The van der Waals surface area contributed by atoms with Gasteiger partial charge in [-0.3, -0.25) is 14.4 Å². The minimum absolute atomic E-state index is 0.00744. The molecule has 0 bridgehead atoms. The van der Waals surface area contributed by atoms with E-state index in [0.717, 1.165) is 12.8 Å². The number of carbonyl (C=O) groups excluding carboxylic acids is 3. The zero-order valence-electron chi connectivity index (χ0n) is 19.7. The summed E-state index contributed by atoms with van der Waals surface area (Å²) in [6.07, 6.45) is 2.97. The molecule has 0 heterocycles. The quantitative estimate of drug-likeness (QED) is 0.327. The van der Waals surface area contributed by atoms with Crippen molar-refractivity contribution in [2.24, 2.45) is 10.8 Å². The van der Waals surface area contributed by atoms with Gasteiger partial charge in [0.25, 0.3) is 0 Å². The third-order valence-corrected chi connectivity index (χ3v) is 4.58. The zero-order chi connectivity index (χ0) is 23.5. The molecular formula is C23H40N2O5. The van der Waals surface area contributed by atoms with Crippen molar-refractivity contribution in [2.75, 3.05) is 13.1 Å². The lowest BCUT2D eigenvalue weighted by Crippen LogP contribution is -2.35.